The molecule has 1 amide bonds. The molecular weight excluding hydrogens is 252 g/mol. The van der Waals surface area contributed by atoms with Crippen molar-refractivity contribution in [2.45, 2.75) is 26.8 Å². The van der Waals surface area contributed by atoms with Crippen molar-refractivity contribution in [3.8, 4) is 0 Å². The van der Waals surface area contributed by atoms with Crippen LogP contribution in [-0.4, -0.2) is 42.8 Å². The lowest BCUT2D eigenvalue weighted by molar-refractivity contribution is -0.122. The van der Waals surface area contributed by atoms with E-state index in [0.29, 0.717) is 18.0 Å². The van der Waals surface area contributed by atoms with Crippen molar-refractivity contribution < 1.29 is 9.59 Å². The molecule has 1 unspecified atom stereocenters. The smallest absolute Gasteiger partial charge is 0.234 e. The lowest BCUT2D eigenvalue weighted by Gasteiger charge is -2.23. The first-order valence-corrected chi connectivity index (χ1v) is 6.98. The average Bonchev–Trinajstić information content (AvgIpc) is 2.44. The van der Waals surface area contributed by atoms with Crippen LogP contribution in [-0.2, 0) is 4.79 Å². The molecule has 4 heteroatoms. The van der Waals surface area contributed by atoms with Gasteiger partial charge in [0.15, 0.2) is 5.78 Å². The molecule has 1 N–H and O–H groups in total. The van der Waals surface area contributed by atoms with Gasteiger partial charge in [-0.1, -0.05) is 44.2 Å². The Bertz CT molecular complexity index is 443. The van der Waals surface area contributed by atoms with Gasteiger partial charge in [0.25, 0.3) is 0 Å². The zero-order chi connectivity index (χ0) is 15.1. The number of likely N-dealkylation sites (N-methyl/N-ethyl adjacent to an activating group) is 1. The Labute approximate surface area is 121 Å². The second-order valence-corrected chi connectivity index (χ2v) is 5.52. The Morgan fingerprint density at radius 1 is 1.15 bits per heavy atom. The van der Waals surface area contributed by atoms with Crippen LogP contribution in [0.4, 0.5) is 0 Å². The molecular formula is C16H24N2O2. The van der Waals surface area contributed by atoms with Crippen LogP contribution in [0.1, 0.15) is 31.1 Å². The minimum absolute atomic E-state index is 0.0322. The SMILES string of the molecule is CC(C)CNC(=O)CN(C)C(C)C(=O)c1ccccc1. The maximum Gasteiger partial charge on any atom is 0.234 e. The summed E-state index contributed by atoms with van der Waals surface area (Å²) in [5.74, 6) is 0.409. The fourth-order valence-corrected chi connectivity index (χ4v) is 1.78. The zero-order valence-corrected chi connectivity index (χ0v) is 12.7. The van der Waals surface area contributed by atoms with Crippen LogP contribution >= 0.6 is 0 Å². The predicted molar refractivity (Wildman–Crippen MR) is 80.7 cm³/mol. The lowest BCUT2D eigenvalue weighted by atomic mass is 10.0. The molecule has 0 spiro atoms. The highest BCUT2D eigenvalue weighted by molar-refractivity contribution is 6.00. The van der Waals surface area contributed by atoms with Crippen LogP contribution in [0.2, 0.25) is 0 Å². The summed E-state index contributed by atoms with van der Waals surface area (Å²) >= 11 is 0. The van der Waals surface area contributed by atoms with E-state index in [-0.39, 0.29) is 24.3 Å². The molecule has 0 fully saturated rings. The van der Waals surface area contributed by atoms with Gasteiger partial charge in [-0.2, -0.15) is 0 Å². The number of benzene rings is 1. The first-order chi connectivity index (χ1) is 9.41. The molecule has 0 radical (unpaired) electrons. The average molecular weight is 276 g/mol. The molecule has 0 aromatic heterocycles. The fourth-order valence-electron chi connectivity index (χ4n) is 1.78. The van der Waals surface area contributed by atoms with Gasteiger partial charge >= 0.3 is 0 Å². The summed E-state index contributed by atoms with van der Waals surface area (Å²) in [6.07, 6.45) is 0. The van der Waals surface area contributed by atoms with Gasteiger partial charge < -0.3 is 5.32 Å². The first-order valence-electron chi connectivity index (χ1n) is 6.98. The highest BCUT2D eigenvalue weighted by Gasteiger charge is 2.21. The second kappa shape index (κ2) is 7.80. The maximum atomic E-state index is 12.3. The van der Waals surface area contributed by atoms with E-state index in [9.17, 15) is 9.59 Å². The number of carbonyl (C=O) groups excluding carboxylic acids is 2. The Morgan fingerprint density at radius 3 is 2.30 bits per heavy atom. The normalized spacial score (nSPS) is 12.5. The summed E-state index contributed by atoms with van der Waals surface area (Å²) in [7, 11) is 1.79. The third kappa shape index (κ3) is 5.13. The molecule has 110 valence electrons. The monoisotopic (exact) mass is 276 g/mol. The van der Waals surface area contributed by atoms with Gasteiger partial charge in [0, 0.05) is 12.1 Å². The molecule has 20 heavy (non-hydrogen) atoms. The van der Waals surface area contributed by atoms with Crippen molar-refractivity contribution in [2.24, 2.45) is 5.92 Å². The fraction of sp³-hybridized carbons (Fsp3) is 0.500. The van der Waals surface area contributed by atoms with Gasteiger partial charge in [-0.15, -0.1) is 0 Å². The number of hydrogen-bond acceptors (Lipinski definition) is 3. The van der Waals surface area contributed by atoms with Crippen LogP contribution < -0.4 is 5.32 Å². The van der Waals surface area contributed by atoms with E-state index in [1.165, 1.54) is 0 Å². The maximum absolute atomic E-state index is 12.3. The summed E-state index contributed by atoms with van der Waals surface area (Å²) in [5, 5.41) is 2.85. The highest BCUT2D eigenvalue weighted by atomic mass is 16.2. The van der Waals surface area contributed by atoms with Gasteiger partial charge in [0.2, 0.25) is 5.91 Å². The van der Waals surface area contributed by atoms with E-state index in [1.807, 2.05) is 39.0 Å². The van der Waals surface area contributed by atoms with Crippen molar-refractivity contribution in [3.63, 3.8) is 0 Å². The minimum Gasteiger partial charge on any atom is -0.355 e. The summed E-state index contributed by atoms with van der Waals surface area (Å²) in [5.41, 5.74) is 0.675. The van der Waals surface area contributed by atoms with E-state index in [0.717, 1.165) is 0 Å². The van der Waals surface area contributed by atoms with Crippen molar-refractivity contribution >= 4 is 11.7 Å². The summed E-state index contributed by atoms with van der Waals surface area (Å²) in [4.78, 5) is 25.8. The Morgan fingerprint density at radius 2 is 1.75 bits per heavy atom. The van der Waals surface area contributed by atoms with Crippen molar-refractivity contribution in [1.29, 1.82) is 0 Å². The molecule has 0 aliphatic rings. The summed E-state index contributed by atoms with van der Waals surface area (Å²) < 4.78 is 0. The van der Waals surface area contributed by atoms with Gasteiger partial charge in [-0.25, -0.2) is 0 Å². The summed E-state index contributed by atoms with van der Waals surface area (Å²) in [6, 6.07) is 8.84. The molecule has 0 bridgehead atoms. The number of nitrogens with one attached hydrogen (secondary N) is 1. The van der Waals surface area contributed by atoms with E-state index in [1.54, 1.807) is 24.1 Å². The van der Waals surface area contributed by atoms with Crippen molar-refractivity contribution in [2.75, 3.05) is 20.1 Å². The molecule has 0 saturated carbocycles. The number of hydrogen-bond donors (Lipinski definition) is 1. The molecule has 0 heterocycles. The van der Waals surface area contributed by atoms with Gasteiger partial charge in [-0.3, -0.25) is 14.5 Å². The van der Waals surface area contributed by atoms with Crippen LogP contribution in [0.15, 0.2) is 30.3 Å². The molecule has 0 aliphatic heterocycles. The molecule has 1 rings (SSSR count). The Kier molecular flexibility index (Phi) is 6.39. The van der Waals surface area contributed by atoms with Gasteiger partial charge in [-0.05, 0) is 19.9 Å². The lowest BCUT2D eigenvalue weighted by Crippen LogP contribution is -2.43. The third-order valence-electron chi connectivity index (χ3n) is 3.20. The highest BCUT2D eigenvalue weighted by Crippen LogP contribution is 2.07. The van der Waals surface area contributed by atoms with Crippen molar-refractivity contribution in [3.05, 3.63) is 35.9 Å². The molecule has 1 aromatic carbocycles. The minimum atomic E-state index is -0.317. The third-order valence-corrected chi connectivity index (χ3v) is 3.20. The quantitative estimate of drug-likeness (QED) is 0.775. The molecule has 0 saturated heterocycles. The molecule has 1 atom stereocenters. The van der Waals surface area contributed by atoms with Crippen LogP contribution in [0.3, 0.4) is 0 Å². The van der Waals surface area contributed by atoms with E-state index in [4.69, 9.17) is 0 Å². The van der Waals surface area contributed by atoms with Gasteiger partial charge in [0.05, 0.1) is 12.6 Å². The molecule has 0 aliphatic carbocycles. The van der Waals surface area contributed by atoms with Crippen LogP contribution in [0.5, 0.6) is 0 Å². The topological polar surface area (TPSA) is 49.4 Å². The predicted octanol–water partition coefficient (Wildman–Crippen LogP) is 1.96. The van der Waals surface area contributed by atoms with Crippen molar-refractivity contribution in [1.82, 2.24) is 10.2 Å². The summed E-state index contributed by atoms with van der Waals surface area (Å²) in [6.45, 7) is 6.81. The first kappa shape index (κ1) is 16.4. The van der Waals surface area contributed by atoms with Gasteiger partial charge in [0.1, 0.15) is 0 Å². The number of rotatable bonds is 7. The number of nitrogens with zero attached hydrogens (tertiary/aromatic N) is 1. The number of amides is 1. The van der Waals surface area contributed by atoms with E-state index in [2.05, 4.69) is 5.32 Å². The second-order valence-electron chi connectivity index (χ2n) is 5.52. The number of Topliss-reactive ketones (excluding diaryl/α,β-unsaturated/α-hetero) is 1. The standard InChI is InChI=1S/C16H24N2O2/c1-12(2)10-17-15(19)11-18(4)13(3)16(20)14-8-6-5-7-9-14/h5-9,12-13H,10-11H2,1-4H3,(H,17,19). The zero-order valence-electron chi connectivity index (χ0n) is 12.7. The van der Waals surface area contributed by atoms with Crippen LogP contribution in [0, 0.1) is 5.92 Å². The Balaban J connectivity index is 2.52. The van der Waals surface area contributed by atoms with E-state index >= 15 is 0 Å². The van der Waals surface area contributed by atoms with Crippen LogP contribution in [0.25, 0.3) is 0 Å². The Hall–Kier alpha value is -1.68. The molecule has 1 aromatic rings. The molecule has 4 nitrogen and oxygen atoms in total. The largest absolute Gasteiger partial charge is 0.355 e. The number of carbonyl (C=O) groups is 2. The van der Waals surface area contributed by atoms with E-state index < -0.39 is 0 Å². The number of ketones is 1.